The zero-order valence-corrected chi connectivity index (χ0v) is 12.0. The number of nitrogen functional groups attached to an aromatic ring is 1. The lowest BCUT2D eigenvalue weighted by Gasteiger charge is -2.14. The van der Waals surface area contributed by atoms with Crippen molar-refractivity contribution >= 4 is 17.3 Å². The van der Waals surface area contributed by atoms with Crippen LogP contribution in [-0.2, 0) is 16.0 Å². The van der Waals surface area contributed by atoms with Gasteiger partial charge in [-0.05, 0) is 28.6 Å². The molecule has 2 N–H and O–H groups in total. The molecule has 0 aliphatic heterocycles. The number of nitrogens with zero attached hydrogens (tertiary/aromatic N) is 4. The van der Waals surface area contributed by atoms with Crippen LogP contribution >= 0.6 is 11.6 Å². The zero-order chi connectivity index (χ0) is 14.5. The third kappa shape index (κ3) is 3.44. The van der Waals surface area contributed by atoms with E-state index in [2.05, 4.69) is 15.5 Å². The van der Waals surface area contributed by atoms with Crippen LogP contribution in [0.25, 0.3) is 11.4 Å². The van der Waals surface area contributed by atoms with Gasteiger partial charge in [-0.15, -0.1) is 5.10 Å². The molecule has 0 saturated carbocycles. The van der Waals surface area contributed by atoms with Gasteiger partial charge in [0.05, 0.1) is 13.2 Å². The molecule has 0 aliphatic rings. The summed E-state index contributed by atoms with van der Waals surface area (Å²) in [5.74, 6) is 0.581. The van der Waals surface area contributed by atoms with E-state index in [4.69, 9.17) is 26.8 Å². The summed E-state index contributed by atoms with van der Waals surface area (Å²) < 4.78 is 12.0. The lowest BCUT2D eigenvalue weighted by Crippen LogP contribution is -2.25. The summed E-state index contributed by atoms with van der Waals surface area (Å²) in [6.07, 6.45) is -0.140. The minimum Gasteiger partial charge on any atom is -0.399 e. The van der Waals surface area contributed by atoms with Gasteiger partial charge in [-0.3, -0.25) is 0 Å². The van der Waals surface area contributed by atoms with Gasteiger partial charge in [0.2, 0.25) is 0 Å². The van der Waals surface area contributed by atoms with Crippen LogP contribution in [0.3, 0.4) is 0 Å². The fourth-order valence-electron chi connectivity index (χ4n) is 1.85. The van der Waals surface area contributed by atoms with Crippen molar-refractivity contribution in [1.82, 2.24) is 20.2 Å². The first-order chi connectivity index (χ1) is 9.63. The molecule has 1 aromatic heterocycles. The predicted octanol–water partition coefficient (Wildman–Crippen LogP) is 1.24. The highest BCUT2D eigenvalue weighted by molar-refractivity contribution is 6.31. The molecule has 1 heterocycles. The minimum atomic E-state index is -0.140. The zero-order valence-electron chi connectivity index (χ0n) is 11.3. The van der Waals surface area contributed by atoms with E-state index < -0.39 is 0 Å². The molecule has 7 nitrogen and oxygen atoms in total. The molecule has 0 spiro atoms. The van der Waals surface area contributed by atoms with Crippen molar-refractivity contribution in [3.63, 3.8) is 0 Å². The third-order valence-corrected chi connectivity index (χ3v) is 2.99. The average molecular weight is 298 g/mol. The first kappa shape index (κ1) is 14.7. The van der Waals surface area contributed by atoms with E-state index in [0.29, 0.717) is 29.7 Å². The Balaban J connectivity index is 2.27. The Kier molecular flexibility index (Phi) is 4.89. The topological polar surface area (TPSA) is 88.1 Å². The van der Waals surface area contributed by atoms with Gasteiger partial charge in [-0.1, -0.05) is 11.6 Å². The number of benzene rings is 1. The van der Waals surface area contributed by atoms with Gasteiger partial charge < -0.3 is 15.2 Å². The number of aromatic nitrogens is 4. The second kappa shape index (κ2) is 6.65. The molecule has 0 fully saturated rings. The molecular weight excluding hydrogens is 282 g/mol. The largest absolute Gasteiger partial charge is 0.399 e. The molecule has 0 amide bonds. The van der Waals surface area contributed by atoms with Crippen molar-refractivity contribution in [3.8, 4) is 11.4 Å². The molecule has 8 heteroatoms. The van der Waals surface area contributed by atoms with Crippen molar-refractivity contribution in [2.24, 2.45) is 0 Å². The normalized spacial score (nSPS) is 12.6. The first-order valence-electron chi connectivity index (χ1n) is 5.98. The molecule has 2 rings (SSSR count). The Hall–Kier alpha value is -1.70. The van der Waals surface area contributed by atoms with E-state index in [1.54, 1.807) is 37.1 Å². The number of rotatable bonds is 6. The van der Waals surface area contributed by atoms with Crippen LogP contribution in [-0.4, -0.2) is 47.1 Å². The van der Waals surface area contributed by atoms with Crippen molar-refractivity contribution in [2.75, 3.05) is 26.6 Å². The Morgan fingerprint density at radius 2 is 2.15 bits per heavy atom. The number of hydrogen-bond donors (Lipinski definition) is 1. The fraction of sp³-hybridized carbons (Fsp3) is 0.417. The van der Waals surface area contributed by atoms with Gasteiger partial charge in [0.25, 0.3) is 0 Å². The second-order valence-electron chi connectivity index (χ2n) is 4.27. The highest BCUT2D eigenvalue weighted by atomic mass is 35.5. The van der Waals surface area contributed by atoms with Crippen LogP contribution < -0.4 is 5.73 Å². The van der Waals surface area contributed by atoms with Crippen molar-refractivity contribution in [2.45, 2.75) is 12.6 Å². The summed E-state index contributed by atoms with van der Waals surface area (Å²) in [5, 5.41) is 12.2. The molecule has 0 bridgehead atoms. The van der Waals surface area contributed by atoms with Gasteiger partial charge in [0, 0.05) is 30.5 Å². The van der Waals surface area contributed by atoms with Crippen LogP contribution in [0.5, 0.6) is 0 Å². The maximum Gasteiger partial charge on any atom is 0.182 e. The van der Waals surface area contributed by atoms with Gasteiger partial charge >= 0.3 is 0 Å². The number of nitrogens with two attached hydrogens (primary N) is 1. The van der Waals surface area contributed by atoms with Crippen LogP contribution in [0.2, 0.25) is 5.02 Å². The molecule has 0 saturated heterocycles. The van der Waals surface area contributed by atoms with Crippen LogP contribution in [0, 0.1) is 0 Å². The number of hydrogen-bond acceptors (Lipinski definition) is 6. The number of methoxy groups -OCH3 is 2. The summed E-state index contributed by atoms with van der Waals surface area (Å²) in [4.78, 5) is 0. The molecule has 1 aromatic carbocycles. The predicted molar refractivity (Wildman–Crippen MR) is 75.3 cm³/mol. The lowest BCUT2D eigenvalue weighted by atomic mass is 10.2. The maximum absolute atomic E-state index is 6.00. The monoisotopic (exact) mass is 297 g/mol. The van der Waals surface area contributed by atoms with E-state index in [1.165, 1.54) is 0 Å². The minimum absolute atomic E-state index is 0.140. The van der Waals surface area contributed by atoms with E-state index >= 15 is 0 Å². The Morgan fingerprint density at radius 1 is 1.35 bits per heavy atom. The van der Waals surface area contributed by atoms with E-state index in [9.17, 15) is 0 Å². The summed E-state index contributed by atoms with van der Waals surface area (Å²) in [5.41, 5.74) is 7.10. The molecular formula is C12H16ClN5O2. The summed E-state index contributed by atoms with van der Waals surface area (Å²) >= 11 is 6.00. The molecule has 2 aromatic rings. The van der Waals surface area contributed by atoms with Crippen molar-refractivity contribution < 1.29 is 9.47 Å². The molecule has 0 radical (unpaired) electrons. The highest BCUT2D eigenvalue weighted by Gasteiger charge is 2.15. The summed E-state index contributed by atoms with van der Waals surface area (Å²) in [7, 11) is 3.23. The second-order valence-corrected chi connectivity index (χ2v) is 4.71. The maximum atomic E-state index is 6.00. The van der Waals surface area contributed by atoms with E-state index in [-0.39, 0.29) is 6.10 Å². The Labute approximate surface area is 121 Å². The molecule has 1 unspecified atom stereocenters. The molecule has 0 aliphatic carbocycles. The molecule has 1 atom stereocenters. The van der Waals surface area contributed by atoms with Gasteiger partial charge in [0.15, 0.2) is 5.82 Å². The summed E-state index contributed by atoms with van der Waals surface area (Å²) in [6, 6.07) is 5.20. The van der Waals surface area contributed by atoms with E-state index in [1.807, 2.05) is 0 Å². The SMILES string of the molecule is COCC(Cn1nnnc1-c1cc(N)cc(Cl)c1)OC. The van der Waals surface area contributed by atoms with Gasteiger partial charge in [0.1, 0.15) is 6.10 Å². The highest BCUT2D eigenvalue weighted by Crippen LogP contribution is 2.24. The van der Waals surface area contributed by atoms with Gasteiger partial charge in [-0.25, -0.2) is 4.68 Å². The van der Waals surface area contributed by atoms with Crippen molar-refractivity contribution in [3.05, 3.63) is 23.2 Å². The molecule has 108 valence electrons. The fourth-order valence-corrected chi connectivity index (χ4v) is 2.09. The summed E-state index contributed by atoms with van der Waals surface area (Å²) in [6.45, 7) is 0.923. The smallest absolute Gasteiger partial charge is 0.182 e. The van der Waals surface area contributed by atoms with E-state index in [0.717, 1.165) is 5.56 Å². The number of tetrazole rings is 1. The average Bonchev–Trinajstić information content (AvgIpc) is 2.85. The standard InChI is InChI=1S/C12H16ClN5O2/c1-19-7-11(20-2)6-18-12(15-16-17-18)8-3-9(13)5-10(14)4-8/h3-5,11H,6-7,14H2,1-2H3. The van der Waals surface area contributed by atoms with Crippen molar-refractivity contribution in [1.29, 1.82) is 0 Å². The quantitative estimate of drug-likeness (QED) is 0.807. The lowest BCUT2D eigenvalue weighted by molar-refractivity contribution is 0.0163. The van der Waals surface area contributed by atoms with Crippen LogP contribution in [0.4, 0.5) is 5.69 Å². The molecule has 20 heavy (non-hydrogen) atoms. The van der Waals surface area contributed by atoms with Gasteiger partial charge in [-0.2, -0.15) is 0 Å². The Bertz CT molecular complexity index is 554. The van der Waals surface area contributed by atoms with Crippen LogP contribution in [0.1, 0.15) is 0 Å². The number of ether oxygens (including phenoxy) is 2. The number of anilines is 1. The first-order valence-corrected chi connectivity index (χ1v) is 6.36. The van der Waals surface area contributed by atoms with Crippen LogP contribution in [0.15, 0.2) is 18.2 Å². The Morgan fingerprint density at radius 3 is 2.80 bits per heavy atom. The number of halogens is 1. The third-order valence-electron chi connectivity index (χ3n) is 2.77.